The average Bonchev–Trinajstić information content (AvgIpc) is 2.14. The molecule has 0 aliphatic heterocycles. The maximum atomic E-state index is 4.98. The van der Waals surface area contributed by atoms with Gasteiger partial charge in [-0.15, -0.1) is 6.42 Å². The van der Waals surface area contributed by atoms with Crippen LogP contribution in [0.1, 0.15) is 11.5 Å². The SMILES string of the molecule is C#Cc1cc(C)no1. The van der Waals surface area contributed by atoms with Crippen molar-refractivity contribution >= 4 is 0 Å². The second kappa shape index (κ2) is 1.71. The number of nitrogens with zero attached hydrogens (tertiary/aromatic N) is 1. The van der Waals surface area contributed by atoms with E-state index in [1.807, 2.05) is 6.92 Å². The average molecular weight is 107 g/mol. The molecule has 0 unspecified atom stereocenters. The van der Waals surface area contributed by atoms with E-state index in [1.54, 1.807) is 6.07 Å². The van der Waals surface area contributed by atoms with Crippen molar-refractivity contribution in [1.29, 1.82) is 0 Å². The molecule has 1 aromatic heterocycles. The molecule has 1 heterocycles. The Bertz CT molecular complexity index is 219. The summed E-state index contributed by atoms with van der Waals surface area (Å²) >= 11 is 0. The van der Waals surface area contributed by atoms with Crippen LogP contribution in [0.2, 0.25) is 0 Å². The van der Waals surface area contributed by atoms with Gasteiger partial charge in [0.25, 0.3) is 0 Å². The van der Waals surface area contributed by atoms with Gasteiger partial charge in [-0.25, -0.2) is 0 Å². The maximum Gasteiger partial charge on any atom is 0.209 e. The quantitative estimate of drug-likeness (QED) is 0.461. The standard InChI is InChI=1S/C6H5NO/c1-3-6-4-5(2)7-8-6/h1,4H,2H3. The highest BCUT2D eigenvalue weighted by Crippen LogP contribution is 1.97. The summed E-state index contributed by atoms with van der Waals surface area (Å²) in [7, 11) is 0. The van der Waals surface area contributed by atoms with Crippen molar-refractivity contribution in [3.8, 4) is 12.3 Å². The van der Waals surface area contributed by atoms with Crippen molar-refractivity contribution in [3.05, 3.63) is 17.5 Å². The summed E-state index contributed by atoms with van der Waals surface area (Å²) in [5, 5.41) is 3.57. The van der Waals surface area contributed by atoms with Crippen LogP contribution >= 0.6 is 0 Å². The summed E-state index contributed by atoms with van der Waals surface area (Å²) in [6.07, 6.45) is 4.98. The molecule has 2 nitrogen and oxygen atoms in total. The highest BCUT2D eigenvalue weighted by Gasteiger charge is 1.91. The van der Waals surface area contributed by atoms with Crippen LogP contribution in [0.4, 0.5) is 0 Å². The second-order valence-electron chi connectivity index (χ2n) is 1.48. The van der Waals surface area contributed by atoms with Crippen LogP contribution < -0.4 is 0 Å². The molecule has 2 heteroatoms. The van der Waals surface area contributed by atoms with Crippen molar-refractivity contribution in [2.24, 2.45) is 0 Å². The fourth-order valence-corrected chi connectivity index (χ4v) is 0.432. The maximum absolute atomic E-state index is 4.98. The van der Waals surface area contributed by atoms with Crippen LogP contribution in [-0.4, -0.2) is 5.16 Å². The topological polar surface area (TPSA) is 26.0 Å². The van der Waals surface area contributed by atoms with E-state index < -0.39 is 0 Å². The van der Waals surface area contributed by atoms with Crippen molar-refractivity contribution in [2.45, 2.75) is 6.92 Å². The molecule has 0 N–H and O–H groups in total. The fourth-order valence-electron chi connectivity index (χ4n) is 0.432. The van der Waals surface area contributed by atoms with Crippen LogP contribution in [0.3, 0.4) is 0 Å². The van der Waals surface area contributed by atoms with E-state index in [0.29, 0.717) is 5.76 Å². The lowest BCUT2D eigenvalue weighted by molar-refractivity contribution is 0.406. The predicted molar refractivity (Wildman–Crippen MR) is 29.2 cm³/mol. The van der Waals surface area contributed by atoms with Crippen molar-refractivity contribution < 1.29 is 4.52 Å². The van der Waals surface area contributed by atoms with E-state index in [0.717, 1.165) is 5.69 Å². The molecular formula is C6H5NO. The van der Waals surface area contributed by atoms with Crippen molar-refractivity contribution in [1.82, 2.24) is 5.16 Å². The summed E-state index contributed by atoms with van der Waals surface area (Å²) < 4.78 is 4.63. The van der Waals surface area contributed by atoms with Gasteiger partial charge in [0.15, 0.2) is 0 Å². The Morgan fingerprint density at radius 1 is 1.88 bits per heavy atom. The minimum absolute atomic E-state index is 0.488. The zero-order valence-corrected chi connectivity index (χ0v) is 4.51. The summed E-state index contributed by atoms with van der Waals surface area (Å²) in [5.74, 6) is 2.81. The first kappa shape index (κ1) is 4.92. The molecule has 0 saturated carbocycles. The Balaban J connectivity index is 3.05. The second-order valence-corrected chi connectivity index (χ2v) is 1.48. The van der Waals surface area contributed by atoms with Gasteiger partial charge in [-0.1, -0.05) is 5.16 Å². The summed E-state index contributed by atoms with van der Waals surface area (Å²) in [5.41, 5.74) is 0.818. The monoisotopic (exact) mass is 107 g/mol. The van der Waals surface area contributed by atoms with Gasteiger partial charge in [0, 0.05) is 6.07 Å². The molecule has 0 saturated heterocycles. The van der Waals surface area contributed by atoms with E-state index in [2.05, 4.69) is 15.6 Å². The van der Waals surface area contributed by atoms with E-state index >= 15 is 0 Å². The lowest BCUT2D eigenvalue weighted by atomic mass is 10.4. The third-order valence-corrected chi connectivity index (χ3v) is 0.770. The van der Waals surface area contributed by atoms with E-state index in [1.165, 1.54) is 0 Å². The minimum atomic E-state index is 0.488. The predicted octanol–water partition coefficient (Wildman–Crippen LogP) is 0.964. The molecule has 1 aromatic rings. The lowest BCUT2D eigenvalue weighted by Gasteiger charge is -1.65. The van der Waals surface area contributed by atoms with Crippen LogP contribution in [0.25, 0.3) is 0 Å². The van der Waals surface area contributed by atoms with Gasteiger partial charge in [0.1, 0.15) is 0 Å². The molecule has 0 aliphatic rings. The molecule has 0 atom stereocenters. The zero-order valence-electron chi connectivity index (χ0n) is 4.51. The molecule has 0 bridgehead atoms. The molecule has 8 heavy (non-hydrogen) atoms. The van der Waals surface area contributed by atoms with E-state index in [-0.39, 0.29) is 0 Å². The zero-order chi connectivity index (χ0) is 5.98. The van der Waals surface area contributed by atoms with E-state index in [9.17, 15) is 0 Å². The highest BCUT2D eigenvalue weighted by molar-refractivity contribution is 5.21. The number of aryl methyl sites for hydroxylation is 1. The molecule has 40 valence electrons. The summed E-state index contributed by atoms with van der Waals surface area (Å²) in [6, 6.07) is 1.71. The number of hydrogen-bond acceptors (Lipinski definition) is 2. The van der Waals surface area contributed by atoms with Crippen LogP contribution in [-0.2, 0) is 0 Å². The Labute approximate surface area is 47.5 Å². The van der Waals surface area contributed by atoms with Gasteiger partial charge in [-0.3, -0.25) is 0 Å². The molecule has 0 fully saturated rings. The minimum Gasteiger partial charge on any atom is -0.347 e. The third-order valence-electron chi connectivity index (χ3n) is 0.770. The smallest absolute Gasteiger partial charge is 0.209 e. The normalized spacial score (nSPS) is 8.50. The molecule has 0 spiro atoms. The Kier molecular flexibility index (Phi) is 1.05. The first-order valence-electron chi connectivity index (χ1n) is 2.23. The Morgan fingerprint density at radius 2 is 2.62 bits per heavy atom. The molecule has 0 aliphatic carbocycles. The largest absolute Gasteiger partial charge is 0.347 e. The fraction of sp³-hybridized carbons (Fsp3) is 0.167. The van der Waals surface area contributed by atoms with Gasteiger partial charge < -0.3 is 4.52 Å². The first-order valence-corrected chi connectivity index (χ1v) is 2.23. The van der Waals surface area contributed by atoms with E-state index in [4.69, 9.17) is 6.42 Å². The summed E-state index contributed by atoms with van der Waals surface area (Å²) in [6.45, 7) is 1.82. The Morgan fingerprint density at radius 3 is 2.88 bits per heavy atom. The van der Waals surface area contributed by atoms with Crippen LogP contribution in [0, 0.1) is 19.3 Å². The first-order chi connectivity index (χ1) is 3.83. The highest BCUT2D eigenvalue weighted by atomic mass is 16.5. The van der Waals surface area contributed by atoms with Crippen molar-refractivity contribution in [3.63, 3.8) is 0 Å². The molecule has 0 amide bonds. The number of terminal acetylenes is 1. The Hall–Kier alpha value is -1.23. The van der Waals surface area contributed by atoms with Crippen LogP contribution in [0.5, 0.6) is 0 Å². The van der Waals surface area contributed by atoms with Crippen LogP contribution in [0.15, 0.2) is 10.6 Å². The number of aromatic nitrogens is 1. The number of hydrogen-bond donors (Lipinski definition) is 0. The third kappa shape index (κ3) is 0.710. The lowest BCUT2D eigenvalue weighted by Crippen LogP contribution is -1.60. The van der Waals surface area contributed by atoms with Gasteiger partial charge in [0.05, 0.1) is 5.69 Å². The van der Waals surface area contributed by atoms with Gasteiger partial charge in [0.2, 0.25) is 5.76 Å². The van der Waals surface area contributed by atoms with Gasteiger partial charge in [-0.2, -0.15) is 0 Å². The molecule has 0 aromatic carbocycles. The van der Waals surface area contributed by atoms with Gasteiger partial charge in [-0.05, 0) is 12.8 Å². The molecule has 1 rings (SSSR count). The summed E-state index contributed by atoms with van der Waals surface area (Å²) in [4.78, 5) is 0. The molecule has 0 radical (unpaired) electrons. The molecular weight excluding hydrogens is 102 g/mol. The number of rotatable bonds is 0. The van der Waals surface area contributed by atoms with Crippen molar-refractivity contribution in [2.75, 3.05) is 0 Å². The van der Waals surface area contributed by atoms with Gasteiger partial charge >= 0.3 is 0 Å².